The molecule has 0 N–H and O–H groups in total. The van der Waals surface area contributed by atoms with Gasteiger partial charge in [0.25, 0.3) is 0 Å². The summed E-state index contributed by atoms with van der Waals surface area (Å²) in [4.78, 5) is 15.5. The average molecular weight is 205 g/mol. The first-order valence-corrected chi connectivity index (χ1v) is 5.31. The second-order valence-corrected chi connectivity index (χ2v) is 3.95. The van der Waals surface area contributed by atoms with E-state index in [4.69, 9.17) is 4.74 Å². The molecule has 0 aliphatic heterocycles. The van der Waals surface area contributed by atoms with E-state index in [0.29, 0.717) is 18.1 Å². The van der Waals surface area contributed by atoms with Crippen molar-refractivity contribution in [1.82, 2.24) is 4.98 Å². The first kappa shape index (κ1) is 10.1. The molecule has 1 aliphatic rings. The number of aromatic nitrogens is 1. The molecule has 0 amide bonds. The van der Waals surface area contributed by atoms with Crippen LogP contribution in [0.25, 0.3) is 0 Å². The highest BCUT2D eigenvalue weighted by Crippen LogP contribution is 2.35. The molecule has 80 valence electrons. The van der Waals surface area contributed by atoms with Gasteiger partial charge in [0.05, 0.1) is 7.11 Å². The highest BCUT2D eigenvalue weighted by atomic mass is 16.5. The van der Waals surface area contributed by atoms with Gasteiger partial charge in [-0.25, -0.2) is 0 Å². The van der Waals surface area contributed by atoms with Crippen molar-refractivity contribution in [2.24, 2.45) is 0 Å². The van der Waals surface area contributed by atoms with Gasteiger partial charge in [0.1, 0.15) is 11.5 Å². The molecular formula is C12H15NO2. The van der Waals surface area contributed by atoms with E-state index in [1.54, 1.807) is 13.3 Å². The van der Waals surface area contributed by atoms with Crippen LogP contribution in [0, 0.1) is 0 Å². The largest absolute Gasteiger partial charge is 0.496 e. The maximum absolute atomic E-state index is 11.4. The molecule has 1 aromatic rings. The summed E-state index contributed by atoms with van der Waals surface area (Å²) in [6.07, 6.45) is 6.96. The van der Waals surface area contributed by atoms with Gasteiger partial charge in [-0.3, -0.25) is 9.78 Å². The third kappa shape index (κ3) is 2.17. The van der Waals surface area contributed by atoms with Crippen molar-refractivity contribution >= 4 is 5.78 Å². The van der Waals surface area contributed by atoms with Crippen LogP contribution in [0.3, 0.4) is 0 Å². The quantitative estimate of drug-likeness (QED) is 0.743. The summed E-state index contributed by atoms with van der Waals surface area (Å²) in [5.41, 5.74) is 1.08. The highest BCUT2D eigenvalue weighted by Gasteiger charge is 2.23. The molecule has 0 spiro atoms. The molecule has 15 heavy (non-hydrogen) atoms. The fourth-order valence-corrected chi connectivity index (χ4v) is 2.18. The Labute approximate surface area is 89.5 Å². The minimum absolute atomic E-state index is 0.301. The highest BCUT2D eigenvalue weighted by molar-refractivity contribution is 5.80. The van der Waals surface area contributed by atoms with Crippen molar-refractivity contribution < 1.29 is 9.53 Å². The van der Waals surface area contributed by atoms with Crippen LogP contribution in [-0.4, -0.2) is 17.9 Å². The molecule has 3 heteroatoms. The first-order chi connectivity index (χ1) is 7.31. The van der Waals surface area contributed by atoms with Crippen LogP contribution in [0.5, 0.6) is 5.75 Å². The molecule has 1 fully saturated rings. The fourth-order valence-electron chi connectivity index (χ4n) is 2.18. The monoisotopic (exact) mass is 205 g/mol. The van der Waals surface area contributed by atoms with E-state index >= 15 is 0 Å². The standard InChI is InChI=1S/C12H15NO2/c1-15-12-5-6-13-8-11(12)9-3-2-4-10(14)7-9/h5-6,8-9H,2-4,7H2,1H3. The SMILES string of the molecule is COc1ccncc1C1CCCC(=O)C1. The molecule has 1 saturated carbocycles. The lowest BCUT2D eigenvalue weighted by molar-refractivity contribution is -0.120. The van der Waals surface area contributed by atoms with E-state index in [-0.39, 0.29) is 0 Å². The Bertz CT molecular complexity index is 362. The summed E-state index contributed by atoms with van der Waals surface area (Å²) in [6.45, 7) is 0. The number of hydrogen-bond donors (Lipinski definition) is 0. The van der Waals surface area contributed by atoms with Gasteiger partial charge in [-0.15, -0.1) is 0 Å². The molecule has 2 rings (SSSR count). The zero-order valence-corrected chi connectivity index (χ0v) is 8.90. The van der Waals surface area contributed by atoms with Crippen LogP contribution in [0.2, 0.25) is 0 Å². The molecule has 1 aliphatic carbocycles. The average Bonchev–Trinajstić information content (AvgIpc) is 2.29. The maximum Gasteiger partial charge on any atom is 0.133 e. The minimum atomic E-state index is 0.301. The van der Waals surface area contributed by atoms with Gasteiger partial charge in [0.2, 0.25) is 0 Å². The van der Waals surface area contributed by atoms with Crippen molar-refractivity contribution in [3.8, 4) is 5.75 Å². The lowest BCUT2D eigenvalue weighted by Crippen LogP contribution is -2.14. The number of carbonyl (C=O) groups is 1. The Morgan fingerprint density at radius 3 is 3.13 bits per heavy atom. The summed E-state index contributed by atoms with van der Waals surface area (Å²) >= 11 is 0. The second kappa shape index (κ2) is 4.43. The number of Topliss-reactive ketones (excluding diaryl/α,β-unsaturated/α-hetero) is 1. The maximum atomic E-state index is 11.4. The smallest absolute Gasteiger partial charge is 0.133 e. The zero-order valence-electron chi connectivity index (χ0n) is 8.90. The van der Waals surface area contributed by atoms with Crippen LogP contribution in [0.1, 0.15) is 37.2 Å². The van der Waals surface area contributed by atoms with Crippen LogP contribution in [-0.2, 0) is 4.79 Å². The van der Waals surface area contributed by atoms with Gasteiger partial charge in [-0.2, -0.15) is 0 Å². The summed E-state index contributed by atoms with van der Waals surface area (Å²) in [6, 6.07) is 1.86. The van der Waals surface area contributed by atoms with Crippen LogP contribution in [0.15, 0.2) is 18.5 Å². The summed E-state index contributed by atoms with van der Waals surface area (Å²) in [7, 11) is 1.66. The predicted molar refractivity (Wildman–Crippen MR) is 57.0 cm³/mol. The van der Waals surface area contributed by atoms with Gasteiger partial charge in [-0.1, -0.05) is 0 Å². The number of ether oxygens (including phenoxy) is 1. The Morgan fingerprint density at radius 2 is 2.40 bits per heavy atom. The Hall–Kier alpha value is -1.38. The number of hydrogen-bond acceptors (Lipinski definition) is 3. The number of carbonyl (C=O) groups excluding carboxylic acids is 1. The van der Waals surface area contributed by atoms with Crippen LogP contribution >= 0.6 is 0 Å². The molecular weight excluding hydrogens is 190 g/mol. The summed E-state index contributed by atoms with van der Waals surface area (Å²) < 4.78 is 5.28. The van der Waals surface area contributed by atoms with E-state index in [2.05, 4.69) is 4.98 Å². The molecule has 0 saturated heterocycles. The van der Waals surface area contributed by atoms with E-state index in [0.717, 1.165) is 30.6 Å². The van der Waals surface area contributed by atoms with E-state index in [1.807, 2.05) is 12.3 Å². The predicted octanol–water partition coefficient (Wildman–Crippen LogP) is 2.32. The van der Waals surface area contributed by atoms with Crippen molar-refractivity contribution in [3.63, 3.8) is 0 Å². The molecule has 0 aromatic carbocycles. The van der Waals surface area contributed by atoms with Crippen molar-refractivity contribution in [2.75, 3.05) is 7.11 Å². The summed E-state index contributed by atoms with van der Waals surface area (Å²) in [5.74, 6) is 1.51. The van der Waals surface area contributed by atoms with Gasteiger partial charge in [0, 0.05) is 30.8 Å². The number of nitrogens with zero attached hydrogens (tertiary/aromatic N) is 1. The number of pyridine rings is 1. The first-order valence-electron chi connectivity index (χ1n) is 5.31. The lowest BCUT2D eigenvalue weighted by Gasteiger charge is -2.22. The van der Waals surface area contributed by atoms with Gasteiger partial charge in [-0.05, 0) is 24.8 Å². The molecule has 0 radical (unpaired) electrons. The van der Waals surface area contributed by atoms with Crippen LogP contribution in [0.4, 0.5) is 0 Å². The summed E-state index contributed by atoms with van der Waals surface area (Å²) in [5, 5.41) is 0. The molecule has 1 heterocycles. The van der Waals surface area contributed by atoms with E-state index in [1.165, 1.54) is 0 Å². The normalized spacial score (nSPS) is 21.4. The third-order valence-electron chi connectivity index (χ3n) is 2.95. The van der Waals surface area contributed by atoms with Gasteiger partial charge >= 0.3 is 0 Å². The molecule has 0 bridgehead atoms. The second-order valence-electron chi connectivity index (χ2n) is 3.95. The molecule has 3 nitrogen and oxygen atoms in total. The number of rotatable bonds is 2. The molecule has 1 aromatic heterocycles. The van der Waals surface area contributed by atoms with E-state index in [9.17, 15) is 4.79 Å². The lowest BCUT2D eigenvalue weighted by atomic mass is 9.84. The molecule has 1 atom stereocenters. The Morgan fingerprint density at radius 1 is 1.53 bits per heavy atom. The Kier molecular flexibility index (Phi) is 2.99. The van der Waals surface area contributed by atoms with Crippen LogP contribution < -0.4 is 4.74 Å². The third-order valence-corrected chi connectivity index (χ3v) is 2.95. The van der Waals surface area contributed by atoms with Gasteiger partial charge < -0.3 is 4.74 Å². The van der Waals surface area contributed by atoms with Crippen molar-refractivity contribution in [3.05, 3.63) is 24.0 Å². The fraction of sp³-hybridized carbons (Fsp3) is 0.500. The topological polar surface area (TPSA) is 39.2 Å². The minimum Gasteiger partial charge on any atom is -0.496 e. The molecule has 1 unspecified atom stereocenters. The number of ketones is 1. The number of methoxy groups -OCH3 is 1. The van der Waals surface area contributed by atoms with Crippen molar-refractivity contribution in [1.29, 1.82) is 0 Å². The Balaban J connectivity index is 2.24. The van der Waals surface area contributed by atoms with Gasteiger partial charge in [0.15, 0.2) is 0 Å². The zero-order chi connectivity index (χ0) is 10.7. The van der Waals surface area contributed by atoms with Crippen molar-refractivity contribution in [2.45, 2.75) is 31.6 Å². The van der Waals surface area contributed by atoms with E-state index < -0.39 is 0 Å².